The molecule has 0 fully saturated rings. The first kappa shape index (κ1) is 12.5. The van der Waals surface area contributed by atoms with Gasteiger partial charge in [-0.15, -0.1) is 0 Å². The molecule has 4 nitrogen and oxygen atoms in total. The third-order valence-electron chi connectivity index (χ3n) is 2.14. The summed E-state index contributed by atoms with van der Waals surface area (Å²) in [5.74, 6) is 1.52. The van der Waals surface area contributed by atoms with Gasteiger partial charge in [-0.05, 0) is 12.8 Å². The van der Waals surface area contributed by atoms with E-state index in [1.54, 1.807) is 6.08 Å². The standard InChI is InChI=1S/C12H19N3O/c1-4-7-13-11-10(6-3)12(15-9-14-11)16-8-5-2/h5,9H,2,4,6-8H2,1,3H3,(H,13,14,15). The normalized spacial score (nSPS) is 9.88. The van der Waals surface area contributed by atoms with Crippen LogP contribution in [0.15, 0.2) is 19.0 Å². The minimum absolute atomic E-state index is 0.469. The predicted octanol–water partition coefficient (Wildman–Crippen LogP) is 2.43. The molecule has 88 valence electrons. The zero-order valence-corrected chi connectivity index (χ0v) is 9.99. The molecule has 1 heterocycles. The van der Waals surface area contributed by atoms with Crippen LogP contribution in [0.1, 0.15) is 25.8 Å². The molecule has 0 radical (unpaired) electrons. The summed E-state index contributed by atoms with van der Waals surface area (Å²) < 4.78 is 5.49. The summed E-state index contributed by atoms with van der Waals surface area (Å²) in [4.78, 5) is 8.36. The number of hydrogen-bond acceptors (Lipinski definition) is 4. The zero-order chi connectivity index (χ0) is 11.8. The van der Waals surface area contributed by atoms with Crippen LogP contribution in [0.3, 0.4) is 0 Å². The summed E-state index contributed by atoms with van der Waals surface area (Å²) in [6.45, 7) is 9.18. The van der Waals surface area contributed by atoms with Gasteiger partial charge in [0.15, 0.2) is 0 Å². The van der Waals surface area contributed by atoms with E-state index < -0.39 is 0 Å². The van der Waals surface area contributed by atoms with Gasteiger partial charge in [-0.2, -0.15) is 0 Å². The fourth-order valence-electron chi connectivity index (χ4n) is 1.37. The van der Waals surface area contributed by atoms with Crippen molar-refractivity contribution in [3.8, 4) is 5.88 Å². The van der Waals surface area contributed by atoms with Gasteiger partial charge >= 0.3 is 0 Å². The highest BCUT2D eigenvalue weighted by molar-refractivity contribution is 5.48. The summed E-state index contributed by atoms with van der Waals surface area (Å²) in [6, 6.07) is 0. The average Bonchev–Trinajstić information content (AvgIpc) is 2.33. The second-order valence-electron chi connectivity index (χ2n) is 3.39. The molecule has 0 aromatic carbocycles. The van der Waals surface area contributed by atoms with E-state index in [0.717, 1.165) is 30.8 Å². The Labute approximate surface area is 96.8 Å². The highest BCUT2D eigenvalue weighted by Gasteiger charge is 2.09. The van der Waals surface area contributed by atoms with Gasteiger partial charge in [0, 0.05) is 6.54 Å². The van der Waals surface area contributed by atoms with Gasteiger partial charge in [-0.25, -0.2) is 9.97 Å². The lowest BCUT2D eigenvalue weighted by Gasteiger charge is -2.12. The molecule has 0 bridgehead atoms. The SMILES string of the molecule is C=CCOc1ncnc(NCCC)c1CC. The molecule has 4 heteroatoms. The van der Waals surface area contributed by atoms with Gasteiger partial charge < -0.3 is 10.1 Å². The molecule has 0 saturated carbocycles. The number of nitrogens with one attached hydrogen (secondary N) is 1. The van der Waals surface area contributed by atoms with Gasteiger partial charge in [-0.3, -0.25) is 0 Å². The molecule has 0 unspecified atom stereocenters. The van der Waals surface area contributed by atoms with Crippen molar-refractivity contribution in [1.29, 1.82) is 0 Å². The lowest BCUT2D eigenvalue weighted by atomic mass is 10.2. The summed E-state index contributed by atoms with van der Waals surface area (Å²) in [7, 11) is 0. The highest BCUT2D eigenvalue weighted by Crippen LogP contribution is 2.22. The van der Waals surface area contributed by atoms with E-state index in [1.807, 2.05) is 0 Å². The second kappa shape index (κ2) is 6.82. The Morgan fingerprint density at radius 2 is 2.25 bits per heavy atom. The van der Waals surface area contributed by atoms with Crippen LogP contribution in [-0.4, -0.2) is 23.1 Å². The van der Waals surface area contributed by atoms with Gasteiger partial charge in [0.2, 0.25) is 5.88 Å². The van der Waals surface area contributed by atoms with Gasteiger partial charge in [0.25, 0.3) is 0 Å². The first-order valence-electron chi connectivity index (χ1n) is 5.64. The monoisotopic (exact) mass is 221 g/mol. The van der Waals surface area contributed by atoms with E-state index in [1.165, 1.54) is 6.33 Å². The number of ether oxygens (including phenoxy) is 1. The van der Waals surface area contributed by atoms with Crippen molar-refractivity contribution in [1.82, 2.24) is 9.97 Å². The molecule has 0 saturated heterocycles. The van der Waals surface area contributed by atoms with Crippen molar-refractivity contribution >= 4 is 5.82 Å². The van der Waals surface area contributed by atoms with E-state index in [2.05, 4.69) is 35.7 Å². The van der Waals surface area contributed by atoms with Crippen LogP contribution in [0.5, 0.6) is 5.88 Å². The maximum atomic E-state index is 5.49. The van der Waals surface area contributed by atoms with E-state index in [0.29, 0.717) is 12.5 Å². The molecular formula is C12H19N3O. The quantitative estimate of drug-likeness (QED) is 0.718. The Kier molecular flexibility index (Phi) is 5.32. The summed E-state index contributed by atoms with van der Waals surface area (Å²) >= 11 is 0. The predicted molar refractivity (Wildman–Crippen MR) is 65.9 cm³/mol. The molecule has 0 aliphatic rings. The molecule has 0 amide bonds. The van der Waals surface area contributed by atoms with Crippen molar-refractivity contribution in [2.24, 2.45) is 0 Å². The Hall–Kier alpha value is -1.58. The van der Waals surface area contributed by atoms with Gasteiger partial charge in [0.1, 0.15) is 18.8 Å². The van der Waals surface area contributed by atoms with E-state index in [-0.39, 0.29) is 0 Å². The number of nitrogens with zero attached hydrogens (tertiary/aromatic N) is 2. The fourth-order valence-corrected chi connectivity index (χ4v) is 1.37. The average molecular weight is 221 g/mol. The molecule has 16 heavy (non-hydrogen) atoms. The van der Waals surface area contributed by atoms with E-state index >= 15 is 0 Å². The van der Waals surface area contributed by atoms with Crippen molar-refractivity contribution < 1.29 is 4.74 Å². The number of rotatable bonds is 7. The number of aromatic nitrogens is 2. The number of hydrogen-bond donors (Lipinski definition) is 1. The smallest absolute Gasteiger partial charge is 0.222 e. The third kappa shape index (κ3) is 3.22. The van der Waals surface area contributed by atoms with Crippen molar-refractivity contribution in [3.63, 3.8) is 0 Å². The number of anilines is 1. The van der Waals surface area contributed by atoms with E-state index in [4.69, 9.17) is 4.74 Å². The Bertz CT molecular complexity index is 339. The molecule has 0 atom stereocenters. The molecular weight excluding hydrogens is 202 g/mol. The Balaban J connectivity index is 2.86. The first-order chi connectivity index (χ1) is 7.83. The van der Waals surface area contributed by atoms with Crippen LogP contribution in [-0.2, 0) is 6.42 Å². The van der Waals surface area contributed by atoms with Gasteiger partial charge in [0.05, 0.1) is 5.56 Å². The molecule has 1 N–H and O–H groups in total. The van der Waals surface area contributed by atoms with Crippen LogP contribution in [0, 0.1) is 0 Å². The van der Waals surface area contributed by atoms with Gasteiger partial charge in [-0.1, -0.05) is 26.5 Å². The lowest BCUT2D eigenvalue weighted by molar-refractivity contribution is 0.344. The fraction of sp³-hybridized carbons (Fsp3) is 0.500. The van der Waals surface area contributed by atoms with Crippen molar-refractivity contribution in [2.75, 3.05) is 18.5 Å². The topological polar surface area (TPSA) is 47.0 Å². The first-order valence-corrected chi connectivity index (χ1v) is 5.64. The Morgan fingerprint density at radius 3 is 2.88 bits per heavy atom. The highest BCUT2D eigenvalue weighted by atomic mass is 16.5. The van der Waals surface area contributed by atoms with Crippen LogP contribution < -0.4 is 10.1 Å². The molecule has 0 spiro atoms. The van der Waals surface area contributed by atoms with Crippen LogP contribution >= 0.6 is 0 Å². The Morgan fingerprint density at radius 1 is 1.44 bits per heavy atom. The summed E-state index contributed by atoms with van der Waals surface area (Å²) in [6.07, 6.45) is 5.14. The molecule has 1 aromatic rings. The van der Waals surface area contributed by atoms with Crippen LogP contribution in [0.25, 0.3) is 0 Å². The zero-order valence-electron chi connectivity index (χ0n) is 9.99. The second-order valence-corrected chi connectivity index (χ2v) is 3.39. The van der Waals surface area contributed by atoms with Crippen molar-refractivity contribution in [3.05, 3.63) is 24.5 Å². The molecule has 0 aliphatic heterocycles. The molecule has 1 aromatic heterocycles. The largest absolute Gasteiger partial charge is 0.473 e. The van der Waals surface area contributed by atoms with E-state index in [9.17, 15) is 0 Å². The summed E-state index contributed by atoms with van der Waals surface area (Å²) in [5.41, 5.74) is 1.03. The summed E-state index contributed by atoms with van der Waals surface area (Å²) in [5, 5.41) is 3.27. The third-order valence-corrected chi connectivity index (χ3v) is 2.14. The van der Waals surface area contributed by atoms with Crippen LogP contribution in [0.2, 0.25) is 0 Å². The minimum Gasteiger partial charge on any atom is -0.473 e. The lowest BCUT2D eigenvalue weighted by Crippen LogP contribution is -2.08. The molecule has 0 aliphatic carbocycles. The maximum absolute atomic E-state index is 5.49. The van der Waals surface area contributed by atoms with Crippen molar-refractivity contribution in [2.45, 2.75) is 26.7 Å². The molecule has 1 rings (SSSR count). The maximum Gasteiger partial charge on any atom is 0.222 e. The van der Waals surface area contributed by atoms with Crippen LogP contribution in [0.4, 0.5) is 5.82 Å². The minimum atomic E-state index is 0.469.